The van der Waals surface area contributed by atoms with Crippen molar-refractivity contribution in [2.24, 2.45) is 5.73 Å². The van der Waals surface area contributed by atoms with Gasteiger partial charge in [-0.3, -0.25) is 14.4 Å². The zero-order valence-electron chi connectivity index (χ0n) is 18.3. The monoisotopic (exact) mass is 454 g/mol. The summed E-state index contributed by atoms with van der Waals surface area (Å²) in [5.41, 5.74) is 7.50. The van der Waals surface area contributed by atoms with Crippen molar-refractivity contribution in [2.45, 2.75) is 57.3 Å². The fraction of sp³-hybridized carbons (Fsp3) is 0.458. The first-order valence-electron chi connectivity index (χ1n) is 11.2. The van der Waals surface area contributed by atoms with Crippen LogP contribution in [0.15, 0.2) is 41.8 Å². The van der Waals surface area contributed by atoms with Gasteiger partial charge in [0.1, 0.15) is 0 Å². The van der Waals surface area contributed by atoms with Gasteiger partial charge in [0.2, 0.25) is 5.91 Å². The summed E-state index contributed by atoms with van der Waals surface area (Å²) in [4.78, 5) is 43.9. The SMILES string of the molecule is Cc1cccc(C(=O)N2CCN(C(=O)Cc3cccs3)C2C(=O)NC2CCC(N)CC2)c1. The van der Waals surface area contributed by atoms with Gasteiger partial charge in [0.25, 0.3) is 11.8 Å². The van der Waals surface area contributed by atoms with Crippen LogP contribution in [0.25, 0.3) is 0 Å². The third-order valence-electron chi connectivity index (χ3n) is 6.28. The minimum Gasteiger partial charge on any atom is -0.350 e. The maximum atomic E-state index is 13.4. The van der Waals surface area contributed by atoms with E-state index in [9.17, 15) is 14.4 Å². The Morgan fingerprint density at radius 1 is 1.06 bits per heavy atom. The largest absolute Gasteiger partial charge is 0.350 e. The van der Waals surface area contributed by atoms with E-state index in [2.05, 4.69) is 5.32 Å². The Morgan fingerprint density at radius 2 is 1.81 bits per heavy atom. The van der Waals surface area contributed by atoms with Crippen molar-refractivity contribution in [3.05, 3.63) is 57.8 Å². The lowest BCUT2D eigenvalue weighted by molar-refractivity contribution is -0.141. The molecule has 1 aliphatic heterocycles. The minimum absolute atomic E-state index is 0.0214. The third-order valence-corrected chi connectivity index (χ3v) is 7.15. The molecule has 1 unspecified atom stereocenters. The van der Waals surface area contributed by atoms with Gasteiger partial charge in [-0.1, -0.05) is 23.8 Å². The molecule has 1 aromatic carbocycles. The van der Waals surface area contributed by atoms with E-state index in [1.165, 1.54) is 16.2 Å². The number of nitrogens with zero attached hydrogens (tertiary/aromatic N) is 2. The second-order valence-corrected chi connectivity index (χ2v) is 9.74. The first-order chi connectivity index (χ1) is 15.4. The normalized spacial score (nSPS) is 23.2. The highest BCUT2D eigenvalue weighted by Crippen LogP contribution is 2.23. The van der Waals surface area contributed by atoms with Gasteiger partial charge >= 0.3 is 0 Å². The van der Waals surface area contributed by atoms with Crippen molar-refractivity contribution in [2.75, 3.05) is 13.1 Å². The Labute approximate surface area is 192 Å². The van der Waals surface area contributed by atoms with E-state index in [1.54, 1.807) is 11.0 Å². The molecule has 1 saturated heterocycles. The van der Waals surface area contributed by atoms with Crippen LogP contribution in [0, 0.1) is 6.92 Å². The maximum absolute atomic E-state index is 13.4. The molecule has 1 aromatic heterocycles. The number of benzene rings is 1. The number of carbonyl (C=O) groups excluding carboxylic acids is 3. The molecule has 2 heterocycles. The van der Waals surface area contributed by atoms with Crippen molar-refractivity contribution in [3.8, 4) is 0 Å². The molecular formula is C24H30N4O3S. The summed E-state index contributed by atoms with van der Waals surface area (Å²) >= 11 is 1.51. The Morgan fingerprint density at radius 3 is 2.50 bits per heavy atom. The van der Waals surface area contributed by atoms with E-state index in [-0.39, 0.29) is 36.2 Å². The van der Waals surface area contributed by atoms with E-state index in [0.717, 1.165) is 36.1 Å². The van der Waals surface area contributed by atoms with Crippen LogP contribution in [0.4, 0.5) is 0 Å². The van der Waals surface area contributed by atoms with Crippen molar-refractivity contribution in [1.29, 1.82) is 0 Å². The van der Waals surface area contributed by atoms with Gasteiger partial charge in [0.05, 0.1) is 6.42 Å². The lowest BCUT2D eigenvalue weighted by Gasteiger charge is -2.32. The van der Waals surface area contributed by atoms with Gasteiger partial charge in [-0.2, -0.15) is 0 Å². The number of hydrogen-bond donors (Lipinski definition) is 2. The molecule has 3 amide bonds. The zero-order valence-corrected chi connectivity index (χ0v) is 19.1. The van der Waals surface area contributed by atoms with E-state index >= 15 is 0 Å². The molecule has 0 radical (unpaired) electrons. The lowest BCUT2D eigenvalue weighted by atomic mass is 9.92. The van der Waals surface area contributed by atoms with Gasteiger partial charge in [0, 0.05) is 35.6 Å². The number of rotatable bonds is 5. The van der Waals surface area contributed by atoms with E-state index in [1.807, 2.05) is 42.6 Å². The molecule has 0 spiro atoms. The third kappa shape index (κ3) is 5.02. The first-order valence-corrected chi connectivity index (χ1v) is 12.1. The molecule has 32 heavy (non-hydrogen) atoms. The number of nitrogens with one attached hydrogen (secondary N) is 1. The first kappa shape index (κ1) is 22.5. The number of amides is 3. The molecular weight excluding hydrogens is 424 g/mol. The van der Waals surface area contributed by atoms with Crippen LogP contribution < -0.4 is 11.1 Å². The van der Waals surface area contributed by atoms with E-state index < -0.39 is 6.17 Å². The van der Waals surface area contributed by atoms with Crippen LogP contribution in [-0.4, -0.2) is 58.9 Å². The van der Waals surface area contributed by atoms with Gasteiger partial charge < -0.3 is 20.9 Å². The standard InChI is InChI=1S/C24H30N4O3S/c1-16-4-2-5-17(14-16)24(31)28-12-11-27(21(29)15-20-6-3-13-32-20)23(28)22(30)26-19-9-7-18(25)8-10-19/h2-6,13-14,18-19,23H,7-12,15,25H2,1H3,(H,26,30). The summed E-state index contributed by atoms with van der Waals surface area (Å²) in [7, 11) is 0. The predicted molar refractivity (Wildman–Crippen MR) is 124 cm³/mol. The van der Waals surface area contributed by atoms with Crippen LogP contribution in [0.1, 0.15) is 46.5 Å². The number of hydrogen-bond acceptors (Lipinski definition) is 5. The number of carbonyl (C=O) groups is 3. The molecule has 1 atom stereocenters. The van der Waals surface area contributed by atoms with Crippen LogP contribution in [0.5, 0.6) is 0 Å². The highest BCUT2D eigenvalue weighted by Gasteiger charge is 2.43. The van der Waals surface area contributed by atoms with Crippen LogP contribution >= 0.6 is 11.3 Å². The molecule has 0 bridgehead atoms. The van der Waals surface area contributed by atoms with E-state index in [0.29, 0.717) is 18.7 Å². The molecule has 1 saturated carbocycles. The quantitative estimate of drug-likeness (QED) is 0.725. The van der Waals surface area contributed by atoms with Crippen LogP contribution in [-0.2, 0) is 16.0 Å². The van der Waals surface area contributed by atoms with Gasteiger partial charge in [-0.05, 0) is 56.2 Å². The van der Waals surface area contributed by atoms with Crippen molar-refractivity contribution >= 4 is 29.1 Å². The number of thiophene rings is 1. The Bertz CT molecular complexity index is 969. The van der Waals surface area contributed by atoms with Crippen LogP contribution in [0.2, 0.25) is 0 Å². The molecule has 2 aliphatic rings. The van der Waals surface area contributed by atoms with Gasteiger partial charge in [-0.15, -0.1) is 11.3 Å². The lowest BCUT2D eigenvalue weighted by Crippen LogP contribution is -2.56. The Hall–Kier alpha value is -2.71. The summed E-state index contributed by atoms with van der Waals surface area (Å²) in [6, 6.07) is 11.3. The van der Waals surface area contributed by atoms with Crippen molar-refractivity contribution < 1.29 is 14.4 Å². The molecule has 4 rings (SSSR count). The molecule has 7 nitrogen and oxygen atoms in total. The fourth-order valence-electron chi connectivity index (χ4n) is 4.53. The topological polar surface area (TPSA) is 95.7 Å². The molecule has 170 valence electrons. The molecule has 2 aromatic rings. The maximum Gasteiger partial charge on any atom is 0.264 e. The molecule has 8 heteroatoms. The summed E-state index contributed by atoms with van der Waals surface area (Å²) in [6.07, 6.45) is 2.65. The summed E-state index contributed by atoms with van der Waals surface area (Å²) < 4.78 is 0. The van der Waals surface area contributed by atoms with E-state index in [4.69, 9.17) is 5.73 Å². The zero-order chi connectivity index (χ0) is 22.7. The number of nitrogens with two attached hydrogens (primary N) is 1. The van der Waals surface area contributed by atoms with Gasteiger partial charge in [0.15, 0.2) is 6.17 Å². The second kappa shape index (κ2) is 9.83. The highest BCUT2D eigenvalue weighted by atomic mass is 32.1. The average molecular weight is 455 g/mol. The van der Waals surface area contributed by atoms with Crippen LogP contribution in [0.3, 0.4) is 0 Å². The van der Waals surface area contributed by atoms with Crippen molar-refractivity contribution in [1.82, 2.24) is 15.1 Å². The Balaban J connectivity index is 1.55. The second-order valence-electron chi connectivity index (χ2n) is 8.71. The highest BCUT2D eigenvalue weighted by molar-refractivity contribution is 7.10. The Kier molecular flexibility index (Phi) is 6.91. The minimum atomic E-state index is -0.939. The summed E-state index contributed by atoms with van der Waals surface area (Å²) in [6.45, 7) is 2.60. The fourth-order valence-corrected chi connectivity index (χ4v) is 5.23. The summed E-state index contributed by atoms with van der Waals surface area (Å²) in [5, 5.41) is 5.02. The predicted octanol–water partition coefficient (Wildman–Crippen LogP) is 2.30. The molecule has 1 aliphatic carbocycles. The van der Waals surface area contributed by atoms with Crippen molar-refractivity contribution in [3.63, 3.8) is 0 Å². The smallest absolute Gasteiger partial charge is 0.264 e. The summed E-state index contributed by atoms with van der Waals surface area (Å²) in [5.74, 6) is -0.660. The number of aryl methyl sites for hydroxylation is 1. The van der Waals surface area contributed by atoms with Gasteiger partial charge in [-0.25, -0.2) is 0 Å². The molecule has 3 N–H and O–H groups in total. The molecule has 2 fully saturated rings. The average Bonchev–Trinajstić information content (AvgIpc) is 3.44.